The van der Waals surface area contributed by atoms with Crippen LogP contribution in [0.2, 0.25) is 0 Å². The van der Waals surface area contributed by atoms with Crippen LogP contribution >= 0.6 is 0 Å². The van der Waals surface area contributed by atoms with Gasteiger partial charge in [-0.1, -0.05) is 36.4 Å². The molecule has 22 heavy (non-hydrogen) atoms. The highest BCUT2D eigenvalue weighted by atomic mass is 16.5. The monoisotopic (exact) mass is 296 g/mol. The minimum atomic E-state index is 0.237. The molecule has 3 rings (SSSR count). The number of hydrogen-bond acceptors (Lipinski definition) is 3. The van der Waals surface area contributed by atoms with Gasteiger partial charge in [-0.15, -0.1) is 0 Å². The fourth-order valence-electron chi connectivity index (χ4n) is 2.95. The largest absolute Gasteiger partial charge is 0.473 e. The van der Waals surface area contributed by atoms with Gasteiger partial charge in [0.05, 0.1) is 0 Å². The second kappa shape index (κ2) is 7.41. The minimum absolute atomic E-state index is 0.237. The maximum Gasteiger partial charge on any atom is 0.213 e. The van der Waals surface area contributed by atoms with Crippen molar-refractivity contribution in [3.63, 3.8) is 0 Å². The van der Waals surface area contributed by atoms with Gasteiger partial charge in [0.2, 0.25) is 5.88 Å². The Hall–Kier alpha value is -1.87. The summed E-state index contributed by atoms with van der Waals surface area (Å²) >= 11 is 0. The molecule has 116 valence electrons. The van der Waals surface area contributed by atoms with Gasteiger partial charge in [-0.05, 0) is 43.9 Å². The molecule has 1 saturated heterocycles. The molecule has 0 amide bonds. The van der Waals surface area contributed by atoms with E-state index in [0.717, 1.165) is 31.9 Å². The molecule has 3 nitrogen and oxygen atoms in total. The van der Waals surface area contributed by atoms with Gasteiger partial charge < -0.3 is 4.74 Å². The third kappa shape index (κ3) is 4.31. The highest BCUT2D eigenvalue weighted by Gasteiger charge is 2.20. The maximum absolute atomic E-state index is 6.11. The second-order valence-corrected chi connectivity index (χ2v) is 6.13. The standard InChI is InChI=1S/C19H24N2O/c1-16-10-11-19(20-13-16)22-18-9-5-6-12-21(15-18)14-17-7-3-2-4-8-17/h2-4,7-8,10-11,13,18H,5-6,9,12,14-15H2,1H3. The number of likely N-dealkylation sites (tertiary alicyclic amines) is 1. The lowest BCUT2D eigenvalue weighted by Crippen LogP contribution is -2.33. The molecule has 2 aromatic rings. The first-order chi connectivity index (χ1) is 10.8. The van der Waals surface area contributed by atoms with Gasteiger partial charge in [0.15, 0.2) is 0 Å². The molecular weight excluding hydrogens is 272 g/mol. The lowest BCUT2D eigenvalue weighted by molar-refractivity contribution is 0.133. The molecular formula is C19H24N2O. The van der Waals surface area contributed by atoms with Gasteiger partial charge in [-0.3, -0.25) is 4.90 Å². The molecule has 1 unspecified atom stereocenters. The molecule has 1 atom stereocenters. The Bertz CT molecular complexity index is 568. The van der Waals surface area contributed by atoms with E-state index in [4.69, 9.17) is 4.74 Å². The van der Waals surface area contributed by atoms with Crippen molar-refractivity contribution in [1.82, 2.24) is 9.88 Å². The number of ether oxygens (including phenoxy) is 1. The third-order valence-electron chi connectivity index (χ3n) is 4.13. The van der Waals surface area contributed by atoms with Crippen molar-refractivity contribution in [2.75, 3.05) is 13.1 Å². The highest BCUT2D eigenvalue weighted by molar-refractivity contribution is 5.17. The second-order valence-electron chi connectivity index (χ2n) is 6.13. The van der Waals surface area contributed by atoms with E-state index >= 15 is 0 Å². The van der Waals surface area contributed by atoms with Crippen LogP contribution < -0.4 is 4.74 Å². The van der Waals surface area contributed by atoms with Gasteiger partial charge in [0.25, 0.3) is 0 Å². The SMILES string of the molecule is Cc1ccc(OC2CCCCN(Cc3ccccc3)C2)nc1. The van der Waals surface area contributed by atoms with E-state index in [1.165, 1.54) is 24.0 Å². The van der Waals surface area contributed by atoms with Crippen molar-refractivity contribution >= 4 is 0 Å². The topological polar surface area (TPSA) is 25.4 Å². The summed E-state index contributed by atoms with van der Waals surface area (Å²) in [5.74, 6) is 0.747. The molecule has 3 heteroatoms. The molecule has 1 aliphatic rings. The lowest BCUT2D eigenvalue weighted by Gasteiger charge is -2.24. The number of nitrogens with zero attached hydrogens (tertiary/aromatic N) is 2. The zero-order valence-corrected chi connectivity index (χ0v) is 13.2. The zero-order valence-electron chi connectivity index (χ0n) is 13.2. The van der Waals surface area contributed by atoms with Crippen LogP contribution in [-0.2, 0) is 6.54 Å². The molecule has 0 bridgehead atoms. The number of benzene rings is 1. The first-order valence-corrected chi connectivity index (χ1v) is 8.15. The number of hydrogen-bond donors (Lipinski definition) is 0. The van der Waals surface area contributed by atoms with Crippen molar-refractivity contribution < 1.29 is 4.74 Å². The predicted octanol–water partition coefficient (Wildman–Crippen LogP) is 3.82. The average Bonchev–Trinajstić information content (AvgIpc) is 2.76. The summed E-state index contributed by atoms with van der Waals surface area (Å²) in [6.07, 6.45) is 5.69. The number of aromatic nitrogens is 1. The van der Waals surface area contributed by atoms with Crippen molar-refractivity contribution in [1.29, 1.82) is 0 Å². The van der Waals surface area contributed by atoms with Gasteiger partial charge >= 0.3 is 0 Å². The van der Waals surface area contributed by atoms with Crippen molar-refractivity contribution in [3.8, 4) is 5.88 Å². The Morgan fingerprint density at radius 3 is 2.77 bits per heavy atom. The van der Waals surface area contributed by atoms with E-state index in [9.17, 15) is 0 Å². The number of pyridine rings is 1. The molecule has 1 aliphatic heterocycles. The first-order valence-electron chi connectivity index (χ1n) is 8.15. The van der Waals surface area contributed by atoms with Gasteiger partial charge in [0.1, 0.15) is 6.10 Å². The molecule has 2 heterocycles. The van der Waals surface area contributed by atoms with E-state index in [-0.39, 0.29) is 6.10 Å². The maximum atomic E-state index is 6.11. The van der Waals surface area contributed by atoms with Gasteiger partial charge in [-0.2, -0.15) is 0 Å². The Balaban J connectivity index is 1.61. The average molecular weight is 296 g/mol. The summed E-state index contributed by atoms with van der Waals surface area (Å²) in [5, 5.41) is 0. The molecule has 1 aromatic carbocycles. The normalized spacial score (nSPS) is 19.6. The van der Waals surface area contributed by atoms with Crippen LogP contribution in [0, 0.1) is 6.92 Å². The van der Waals surface area contributed by atoms with E-state index in [0.29, 0.717) is 0 Å². The molecule has 0 spiro atoms. The van der Waals surface area contributed by atoms with Crippen LogP contribution in [0.15, 0.2) is 48.7 Å². The van der Waals surface area contributed by atoms with Crippen molar-refractivity contribution in [3.05, 3.63) is 59.8 Å². The van der Waals surface area contributed by atoms with Crippen LogP contribution in [0.1, 0.15) is 30.4 Å². The van der Waals surface area contributed by atoms with Crippen molar-refractivity contribution in [2.24, 2.45) is 0 Å². The molecule has 0 aliphatic carbocycles. The summed E-state index contributed by atoms with van der Waals surface area (Å²) in [6, 6.07) is 14.7. The van der Waals surface area contributed by atoms with E-state index < -0.39 is 0 Å². The minimum Gasteiger partial charge on any atom is -0.473 e. The van der Waals surface area contributed by atoms with Crippen LogP contribution in [0.3, 0.4) is 0 Å². The number of aryl methyl sites for hydroxylation is 1. The van der Waals surface area contributed by atoms with E-state index in [2.05, 4.69) is 46.3 Å². The Morgan fingerprint density at radius 2 is 2.00 bits per heavy atom. The smallest absolute Gasteiger partial charge is 0.213 e. The highest BCUT2D eigenvalue weighted by Crippen LogP contribution is 2.18. The molecule has 1 fully saturated rings. The molecule has 0 saturated carbocycles. The molecule has 1 aromatic heterocycles. The zero-order chi connectivity index (χ0) is 15.2. The van der Waals surface area contributed by atoms with Crippen LogP contribution in [0.4, 0.5) is 0 Å². The summed E-state index contributed by atoms with van der Waals surface area (Å²) in [4.78, 5) is 6.87. The first kappa shape index (κ1) is 15.0. The summed E-state index contributed by atoms with van der Waals surface area (Å²) in [5.41, 5.74) is 2.54. The van der Waals surface area contributed by atoms with Gasteiger partial charge in [0, 0.05) is 25.4 Å². The summed E-state index contributed by atoms with van der Waals surface area (Å²) < 4.78 is 6.11. The van der Waals surface area contributed by atoms with Gasteiger partial charge in [-0.25, -0.2) is 4.98 Å². The summed E-state index contributed by atoms with van der Waals surface area (Å²) in [6.45, 7) is 5.17. The molecule has 0 N–H and O–H groups in total. The van der Waals surface area contributed by atoms with Crippen LogP contribution in [-0.4, -0.2) is 29.1 Å². The number of rotatable bonds is 4. The fraction of sp³-hybridized carbons (Fsp3) is 0.421. The quantitative estimate of drug-likeness (QED) is 0.857. The fourth-order valence-corrected chi connectivity index (χ4v) is 2.95. The van der Waals surface area contributed by atoms with Crippen LogP contribution in [0.25, 0.3) is 0 Å². The van der Waals surface area contributed by atoms with E-state index in [1.54, 1.807) is 0 Å². The molecule has 0 radical (unpaired) electrons. The lowest BCUT2D eigenvalue weighted by atomic mass is 10.2. The Labute approximate surface area is 132 Å². The predicted molar refractivity (Wildman–Crippen MR) is 89.0 cm³/mol. The Morgan fingerprint density at radius 1 is 1.14 bits per heavy atom. The van der Waals surface area contributed by atoms with Crippen LogP contribution in [0.5, 0.6) is 5.88 Å². The van der Waals surface area contributed by atoms with Crippen molar-refractivity contribution in [2.45, 2.75) is 38.8 Å². The Kier molecular flexibility index (Phi) is 5.07. The summed E-state index contributed by atoms with van der Waals surface area (Å²) in [7, 11) is 0. The van der Waals surface area contributed by atoms with E-state index in [1.807, 2.05) is 19.2 Å². The third-order valence-corrected chi connectivity index (χ3v) is 4.13.